The summed E-state index contributed by atoms with van der Waals surface area (Å²) in [6, 6.07) is 9.35. The fraction of sp³-hybridized carbons (Fsp3) is 0.296. The molecule has 2 N–H and O–H groups in total. The average molecular weight is 489 g/mol. The van der Waals surface area contributed by atoms with Gasteiger partial charge < -0.3 is 15.2 Å². The van der Waals surface area contributed by atoms with Crippen LogP contribution in [0.2, 0.25) is 0 Å². The third-order valence-electron chi connectivity index (χ3n) is 7.14. The molecule has 0 bridgehead atoms. The lowest BCUT2D eigenvalue weighted by atomic mass is 10.0. The maximum absolute atomic E-state index is 15.2. The Kier molecular flexibility index (Phi) is 5.35. The zero-order valence-electron chi connectivity index (χ0n) is 20.1. The zero-order valence-corrected chi connectivity index (χ0v) is 20.1. The quantitative estimate of drug-likeness (QED) is 0.379. The van der Waals surface area contributed by atoms with Gasteiger partial charge in [0.15, 0.2) is 0 Å². The summed E-state index contributed by atoms with van der Waals surface area (Å²) in [6.45, 7) is 4.74. The Morgan fingerprint density at radius 1 is 1.11 bits per heavy atom. The van der Waals surface area contributed by atoms with Crippen molar-refractivity contribution in [1.29, 1.82) is 0 Å². The van der Waals surface area contributed by atoms with E-state index in [1.807, 2.05) is 40.4 Å². The number of urea groups is 1. The van der Waals surface area contributed by atoms with Crippen LogP contribution in [0.3, 0.4) is 0 Å². The van der Waals surface area contributed by atoms with Crippen LogP contribution in [0.15, 0.2) is 48.9 Å². The highest BCUT2D eigenvalue weighted by Gasteiger charge is 2.29. The number of hydrogen-bond acceptors (Lipinski definition) is 3. The van der Waals surface area contributed by atoms with Crippen molar-refractivity contribution < 1.29 is 13.6 Å². The smallest absolute Gasteiger partial charge is 0.319 e. The maximum atomic E-state index is 15.2. The van der Waals surface area contributed by atoms with Crippen LogP contribution in [0.4, 0.5) is 19.3 Å². The van der Waals surface area contributed by atoms with E-state index >= 15 is 8.78 Å². The van der Waals surface area contributed by atoms with E-state index in [0.717, 1.165) is 41.2 Å². The molecule has 1 unspecified atom stereocenters. The second-order valence-corrected chi connectivity index (χ2v) is 9.61. The molecule has 4 aromatic rings. The largest absolute Gasteiger partial charge is 0.335 e. The highest BCUT2D eigenvalue weighted by atomic mass is 19.1. The number of amides is 2. The Bertz CT molecular complexity index is 1490. The number of carbonyl (C=O) groups is 1. The molecule has 9 heteroatoms. The van der Waals surface area contributed by atoms with Crippen LogP contribution in [0.1, 0.15) is 35.8 Å². The molecule has 1 aliphatic heterocycles. The molecule has 0 radical (unpaired) electrons. The number of halogens is 2. The highest BCUT2D eigenvalue weighted by molar-refractivity contribution is 5.90. The summed E-state index contributed by atoms with van der Waals surface area (Å²) in [5.41, 5.74) is 5.11. The lowest BCUT2D eigenvalue weighted by Crippen LogP contribution is -2.33. The topological polar surface area (TPSA) is 76.8 Å². The average Bonchev–Trinajstić information content (AvgIpc) is 3.34. The van der Waals surface area contributed by atoms with Crippen LogP contribution >= 0.6 is 0 Å². The number of aryl methyl sites for hydroxylation is 1. The number of carbonyl (C=O) groups excluding carboxylic acids is 1. The number of fused-ring (bicyclic) bond motifs is 3. The first-order valence-electron chi connectivity index (χ1n) is 12.1. The Hall–Kier alpha value is -4.01. The Morgan fingerprint density at radius 2 is 1.92 bits per heavy atom. The van der Waals surface area contributed by atoms with Crippen molar-refractivity contribution in [1.82, 2.24) is 24.6 Å². The van der Waals surface area contributed by atoms with Gasteiger partial charge in [0.2, 0.25) is 0 Å². The van der Waals surface area contributed by atoms with Gasteiger partial charge in [-0.05, 0) is 44.2 Å². The fourth-order valence-electron chi connectivity index (χ4n) is 5.14. The van der Waals surface area contributed by atoms with Crippen LogP contribution in [0.25, 0.3) is 22.4 Å². The van der Waals surface area contributed by atoms with Gasteiger partial charge in [0, 0.05) is 41.5 Å². The number of nitrogens with zero attached hydrogens (tertiary/aromatic N) is 4. The van der Waals surface area contributed by atoms with E-state index in [9.17, 15) is 4.79 Å². The summed E-state index contributed by atoms with van der Waals surface area (Å²) >= 11 is 0. The van der Waals surface area contributed by atoms with E-state index in [-0.39, 0.29) is 23.8 Å². The third kappa shape index (κ3) is 3.84. The van der Waals surface area contributed by atoms with Crippen molar-refractivity contribution in [3.05, 3.63) is 77.5 Å². The lowest BCUT2D eigenvalue weighted by molar-refractivity contribution is 0.251. The van der Waals surface area contributed by atoms with Gasteiger partial charge in [0.1, 0.15) is 11.6 Å². The lowest BCUT2D eigenvalue weighted by Gasteiger charge is -2.16. The molecule has 7 nitrogen and oxygen atoms in total. The molecule has 2 aromatic carbocycles. The molecule has 2 aliphatic rings. The second-order valence-electron chi connectivity index (χ2n) is 9.61. The van der Waals surface area contributed by atoms with Gasteiger partial charge in [-0.25, -0.2) is 18.6 Å². The minimum atomic E-state index is -0.710. The van der Waals surface area contributed by atoms with Gasteiger partial charge in [-0.3, -0.25) is 4.68 Å². The van der Waals surface area contributed by atoms with Gasteiger partial charge in [0.05, 0.1) is 35.6 Å². The number of imidazole rings is 1. The normalized spacial score (nSPS) is 16.1. The SMILES string of the molecule is Cc1nn(CC2CC2)c(C)c1-c1cc(F)c(NC(=O)NCC2c3ccccc3-c3cncn32)cc1F. The minimum absolute atomic E-state index is 0.133. The summed E-state index contributed by atoms with van der Waals surface area (Å²) in [7, 11) is 0. The first-order valence-corrected chi connectivity index (χ1v) is 12.1. The molecule has 1 saturated carbocycles. The molecule has 184 valence electrons. The van der Waals surface area contributed by atoms with E-state index in [4.69, 9.17) is 0 Å². The molecular formula is C27H26F2N6O. The third-order valence-corrected chi connectivity index (χ3v) is 7.14. The molecule has 2 amide bonds. The van der Waals surface area contributed by atoms with Gasteiger partial charge in [-0.15, -0.1) is 0 Å². The van der Waals surface area contributed by atoms with Gasteiger partial charge in [0.25, 0.3) is 0 Å². The first-order chi connectivity index (χ1) is 17.4. The van der Waals surface area contributed by atoms with Crippen LogP contribution < -0.4 is 10.6 Å². The maximum Gasteiger partial charge on any atom is 0.319 e. The number of aromatic nitrogens is 4. The predicted molar refractivity (Wildman–Crippen MR) is 133 cm³/mol. The molecule has 0 saturated heterocycles. The Labute approximate surface area is 207 Å². The summed E-state index contributed by atoms with van der Waals surface area (Å²) in [5, 5.41) is 9.78. The monoisotopic (exact) mass is 488 g/mol. The molecule has 1 fully saturated rings. The van der Waals surface area contributed by atoms with E-state index in [0.29, 0.717) is 17.2 Å². The molecule has 6 rings (SSSR count). The van der Waals surface area contributed by atoms with Crippen LogP contribution in [-0.2, 0) is 6.54 Å². The number of anilines is 1. The first kappa shape index (κ1) is 22.5. The predicted octanol–water partition coefficient (Wildman–Crippen LogP) is 5.44. The van der Waals surface area contributed by atoms with Crippen LogP contribution in [0, 0.1) is 31.4 Å². The minimum Gasteiger partial charge on any atom is -0.335 e. The molecule has 36 heavy (non-hydrogen) atoms. The van der Waals surface area contributed by atoms with Gasteiger partial charge in [-0.1, -0.05) is 24.3 Å². The summed E-state index contributed by atoms with van der Waals surface area (Å²) in [6.07, 6.45) is 5.87. The molecule has 3 heterocycles. The summed E-state index contributed by atoms with van der Waals surface area (Å²) < 4.78 is 34.0. The highest BCUT2D eigenvalue weighted by Crippen LogP contribution is 2.39. The van der Waals surface area contributed by atoms with E-state index < -0.39 is 17.7 Å². The van der Waals surface area contributed by atoms with E-state index in [1.165, 1.54) is 12.8 Å². The number of benzene rings is 2. The van der Waals surface area contributed by atoms with Crippen molar-refractivity contribution >= 4 is 11.7 Å². The molecular weight excluding hydrogens is 462 g/mol. The Morgan fingerprint density at radius 3 is 2.72 bits per heavy atom. The van der Waals surface area contributed by atoms with Crippen molar-refractivity contribution in [3.63, 3.8) is 0 Å². The standard InChI is InChI=1S/C27H26F2N6O/c1-15-26(16(2)35(33-15)13-17-7-8-17)20-9-22(29)23(10-21(20)28)32-27(36)31-12-25-19-6-4-3-5-18(19)24-11-30-14-34(24)25/h3-6,9-11,14,17,25H,7-8,12-13H2,1-2H3,(H2,31,32,36). The van der Waals surface area contributed by atoms with Gasteiger partial charge >= 0.3 is 6.03 Å². The number of nitrogens with one attached hydrogen (secondary N) is 2. The van der Waals surface area contributed by atoms with Gasteiger partial charge in [-0.2, -0.15) is 5.10 Å². The number of rotatable bonds is 6. The molecule has 2 aromatic heterocycles. The van der Waals surface area contributed by atoms with Crippen molar-refractivity contribution in [2.75, 3.05) is 11.9 Å². The zero-order chi connectivity index (χ0) is 25.0. The van der Waals surface area contributed by atoms with E-state index in [1.54, 1.807) is 19.4 Å². The fourth-order valence-corrected chi connectivity index (χ4v) is 5.14. The van der Waals surface area contributed by atoms with Crippen LogP contribution in [0.5, 0.6) is 0 Å². The van der Waals surface area contributed by atoms with E-state index in [2.05, 4.69) is 20.7 Å². The summed E-state index contributed by atoms with van der Waals surface area (Å²) in [5.74, 6) is -0.712. The molecule has 0 spiro atoms. The number of hydrogen-bond donors (Lipinski definition) is 2. The second kappa shape index (κ2) is 8.58. The summed E-state index contributed by atoms with van der Waals surface area (Å²) in [4.78, 5) is 16.8. The van der Waals surface area contributed by atoms with Crippen LogP contribution in [-0.4, -0.2) is 31.9 Å². The van der Waals surface area contributed by atoms with Crippen molar-refractivity contribution in [2.24, 2.45) is 5.92 Å². The molecule has 1 atom stereocenters. The Balaban J connectivity index is 1.18. The van der Waals surface area contributed by atoms with Crippen molar-refractivity contribution in [3.8, 4) is 22.4 Å². The van der Waals surface area contributed by atoms with Crippen molar-refractivity contribution in [2.45, 2.75) is 39.3 Å². The molecule has 1 aliphatic carbocycles.